The van der Waals surface area contributed by atoms with E-state index >= 15 is 0 Å². The zero-order chi connectivity index (χ0) is 15.9. The first-order valence-corrected chi connectivity index (χ1v) is 7.29. The number of hydrogen-bond donors (Lipinski definition) is 0. The Morgan fingerprint density at radius 3 is 2.55 bits per heavy atom. The molecule has 3 rings (SSSR count). The lowest BCUT2D eigenvalue weighted by molar-refractivity contribution is -0.126. The fraction of sp³-hybridized carbons (Fsp3) is 0.438. The van der Waals surface area contributed by atoms with Crippen molar-refractivity contribution in [1.82, 2.24) is 9.80 Å². The van der Waals surface area contributed by atoms with Crippen molar-refractivity contribution < 1.29 is 19.1 Å². The van der Waals surface area contributed by atoms with Crippen LogP contribution in [0, 0.1) is 19.8 Å². The van der Waals surface area contributed by atoms with Gasteiger partial charge in [0.25, 0.3) is 11.8 Å². The molecule has 22 heavy (non-hydrogen) atoms. The number of carbonyl (C=O) groups excluding carboxylic acids is 3. The minimum absolute atomic E-state index is 0.00493. The average molecular weight is 302 g/mol. The summed E-state index contributed by atoms with van der Waals surface area (Å²) >= 11 is 0. The molecule has 2 aliphatic heterocycles. The molecule has 6 heteroatoms. The fourth-order valence-corrected chi connectivity index (χ4v) is 2.72. The Kier molecular flexibility index (Phi) is 3.60. The molecule has 0 spiro atoms. The van der Waals surface area contributed by atoms with E-state index in [1.54, 1.807) is 4.90 Å². The van der Waals surface area contributed by atoms with Gasteiger partial charge in [-0.15, -0.1) is 0 Å². The molecule has 0 aromatic heterocycles. The summed E-state index contributed by atoms with van der Waals surface area (Å²) in [7, 11) is 0. The highest BCUT2D eigenvalue weighted by Gasteiger charge is 2.38. The largest absolute Gasteiger partial charge is 0.439 e. The van der Waals surface area contributed by atoms with Gasteiger partial charge in [0.2, 0.25) is 0 Å². The summed E-state index contributed by atoms with van der Waals surface area (Å²) in [5, 5.41) is 0. The third kappa shape index (κ3) is 2.56. The van der Waals surface area contributed by atoms with Crippen molar-refractivity contribution in [2.45, 2.75) is 13.8 Å². The second-order valence-corrected chi connectivity index (χ2v) is 5.93. The summed E-state index contributed by atoms with van der Waals surface area (Å²) in [5.41, 5.74) is 2.93. The lowest BCUT2D eigenvalue weighted by Gasteiger charge is -2.40. The molecule has 2 heterocycles. The number of hydrogen-bond acceptors (Lipinski definition) is 4. The van der Waals surface area contributed by atoms with Crippen LogP contribution in [0.2, 0.25) is 0 Å². The molecule has 0 N–H and O–H groups in total. The topological polar surface area (TPSA) is 66.9 Å². The Labute approximate surface area is 128 Å². The first-order chi connectivity index (χ1) is 10.5. The summed E-state index contributed by atoms with van der Waals surface area (Å²) in [4.78, 5) is 38.1. The van der Waals surface area contributed by atoms with E-state index in [4.69, 9.17) is 0 Å². The number of likely N-dealkylation sites (tertiary alicyclic amines) is 1. The highest BCUT2D eigenvalue weighted by atomic mass is 16.6. The summed E-state index contributed by atoms with van der Waals surface area (Å²) in [6, 6.07) is 5.67. The molecule has 0 aliphatic carbocycles. The van der Waals surface area contributed by atoms with E-state index < -0.39 is 6.09 Å². The van der Waals surface area contributed by atoms with Crippen molar-refractivity contribution in [2.24, 2.45) is 5.92 Å². The predicted molar refractivity (Wildman–Crippen MR) is 78.4 cm³/mol. The molecular formula is C16H18N2O4. The lowest BCUT2D eigenvalue weighted by Crippen LogP contribution is -2.54. The minimum atomic E-state index is -0.580. The maximum Gasteiger partial charge on any atom is 0.417 e. The highest BCUT2D eigenvalue weighted by molar-refractivity contribution is 5.98. The van der Waals surface area contributed by atoms with Crippen LogP contribution in [-0.2, 0) is 9.53 Å². The molecule has 3 amide bonds. The summed E-state index contributed by atoms with van der Waals surface area (Å²) in [5.74, 6) is -0.177. The van der Waals surface area contributed by atoms with Gasteiger partial charge in [-0.2, -0.15) is 0 Å². The van der Waals surface area contributed by atoms with E-state index in [9.17, 15) is 14.4 Å². The fourth-order valence-electron chi connectivity index (χ4n) is 2.72. The number of imide groups is 1. The molecule has 0 saturated carbocycles. The molecule has 1 aromatic carbocycles. The summed E-state index contributed by atoms with van der Waals surface area (Å²) < 4.78 is 4.67. The third-order valence-corrected chi connectivity index (χ3v) is 4.28. The maximum absolute atomic E-state index is 12.4. The molecule has 2 aliphatic rings. The van der Waals surface area contributed by atoms with Gasteiger partial charge >= 0.3 is 6.09 Å². The second-order valence-electron chi connectivity index (χ2n) is 5.93. The van der Waals surface area contributed by atoms with Crippen molar-refractivity contribution in [3.63, 3.8) is 0 Å². The molecular weight excluding hydrogens is 284 g/mol. The monoisotopic (exact) mass is 302 g/mol. The van der Waals surface area contributed by atoms with Gasteiger partial charge in [0.1, 0.15) is 0 Å². The average Bonchev–Trinajstić information content (AvgIpc) is 2.75. The van der Waals surface area contributed by atoms with E-state index in [-0.39, 0.29) is 24.3 Å². The van der Waals surface area contributed by atoms with Crippen molar-refractivity contribution in [3.8, 4) is 0 Å². The minimum Gasteiger partial charge on any atom is -0.439 e. The van der Waals surface area contributed by atoms with Crippen LogP contribution in [0.5, 0.6) is 0 Å². The van der Waals surface area contributed by atoms with Crippen molar-refractivity contribution in [2.75, 3.05) is 26.2 Å². The number of rotatable bonds is 3. The Hall–Kier alpha value is -2.37. The van der Waals surface area contributed by atoms with E-state index in [1.807, 2.05) is 32.0 Å². The van der Waals surface area contributed by atoms with Crippen molar-refractivity contribution in [3.05, 3.63) is 34.9 Å². The van der Waals surface area contributed by atoms with Gasteiger partial charge in [-0.1, -0.05) is 6.07 Å². The number of benzene rings is 1. The Morgan fingerprint density at radius 1 is 1.23 bits per heavy atom. The quantitative estimate of drug-likeness (QED) is 0.845. The third-order valence-electron chi connectivity index (χ3n) is 4.28. The molecule has 0 radical (unpaired) electrons. The van der Waals surface area contributed by atoms with Gasteiger partial charge in [0, 0.05) is 31.1 Å². The highest BCUT2D eigenvalue weighted by Crippen LogP contribution is 2.22. The Morgan fingerprint density at radius 2 is 1.95 bits per heavy atom. The zero-order valence-electron chi connectivity index (χ0n) is 12.7. The van der Waals surface area contributed by atoms with Gasteiger partial charge < -0.3 is 9.64 Å². The van der Waals surface area contributed by atoms with Crippen molar-refractivity contribution >= 4 is 17.9 Å². The molecule has 0 unspecified atom stereocenters. The van der Waals surface area contributed by atoms with Crippen LogP contribution >= 0.6 is 0 Å². The maximum atomic E-state index is 12.4. The van der Waals surface area contributed by atoms with Gasteiger partial charge in [-0.05, 0) is 37.1 Å². The normalized spacial score (nSPS) is 18.5. The molecule has 0 bridgehead atoms. The number of aryl methyl sites for hydroxylation is 2. The first-order valence-electron chi connectivity index (χ1n) is 7.29. The number of amides is 3. The summed E-state index contributed by atoms with van der Waals surface area (Å²) in [6.07, 6.45) is -0.580. The van der Waals surface area contributed by atoms with E-state index in [1.165, 1.54) is 0 Å². The number of carbonyl (C=O) groups is 3. The van der Waals surface area contributed by atoms with Crippen molar-refractivity contribution in [1.29, 1.82) is 0 Å². The number of nitrogens with zero attached hydrogens (tertiary/aromatic N) is 2. The lowest BCUT2D eigenvalue weighted by atomic mass is 9.97. The first kappa shape index (κ1) is 14.6. The second kappa shape index (κ2) is 5.44. The van der Waals surface area contributed by atoms with Crippen LogP contribution in [0.1, 0.15) is 21.5 Å². The van der Waals surface area contributed by atoms with Gasteiger partial charge in [-0.25, -0.2) is 9.69 Å². The van der Waals surface area contributed by atoms with Gasteiger partial charge in [0.05, 0.1) is 0 Å². The smallest absolute Gasteiger partial charge is 0.417 e. The van der Waals surface area contributed by atoms with Gasteiger partial charge in [-0.3, -0.25) is 9.59 Å². The van der Waals surface area contributed by atoms with Crippen LogP contribution in [0.15, 0.2) is 18.2 Å². The Bertz CT molecular complexity index is 634. The van der Waals surface area contributed by atoms with Crippen LogP contribution < -0.4 is 0 Å². The molecule has 2 fully saturated rings. The van der Waals surface area contributed by atoms with Crippen LogP contribution in [0.3, 0.4) is 0 Å². The van der Waals surface area contributed by atoms with Crippen LogP contribution in [0.4, 0.5) is 4.79 Å². The molecule has 1 aromatic rings. The predicted octanol–water partition coefficient (Wildman–Crippen LogP) is 1.35. The molecule has 6 nitrogen and oxygen atoms in total. The number of cyclic esters (lactones) is 1. The van der Waals surface area contributed by atoms with Crippen LogP contribution in [0.25, 0.3) is 0 Å². The Balaban J connectivity index is 1.56. The molecule has 0 atom stereocenters. The van der Waals surface area contributed by atoms with Gasteiger partial charge in [0.15, 0.2) is 6.61 Å². The van der Waals surface area contributed by atoms with E-state index in [0.29, 0.717) is 25.2 Å². The SMILES string of the molecule is Cc1ccc(C(=O)N2CC(CN3C(=O)COC3=O)C2)cc1C. The number of ether oxygens (including phenoxy) is 1. The standard InChI is InChI=1S/C16H18N2O4/c1-10-3-4-13(5-11(10)2)15(20)17-6-12(7-17)8-18-14(19)9-22-16(18)21/h3-5,12H,6-9H2,1-2H3. The summed E-state index contributed by atoms with van der Waals surface area (Å²) in [6.45, 7) is 5.27. The zero-order valence-corrected chi connectivity index (χ0v) is 12.7. The van der Waals surface area contributed by atoms with E-state index in [0.717, 1.165) is 16.0 Å². The van der Waals surface area contributed by atoms with Crippen LogP contribution in [-0.4, -0.2) is 53.9 Å². The molecule has 116 valence electrons. The molecule has 2 saturated heterocycles. The van der Waals surface area contributed by atoms with E-state index in [2.05, 4.69) is 4.74 Å².